The summed E-state index contributed by atoms with van der Waals surface area (Å²) in [6, 6.07) is 0. The first-order chi connectivity index (χ1) is 4.63. The van der Waals surface area contributed by atoms with E-state index in [0.717, 1.165) is 0 Å². The van der Waals surface area contributed by atoms with E-state index in [0.29, 0.717) is 0 Å². The molecule has 0 aliphatic carbocycles. The third-order valence-electron chi connectivity index (χ3n) is 0.486. The molecule has 0 fully saturated rings. The summed E-state index contributed by atoms with van der Waals surface area (Å²) in [5.41, 5.74) is 0. The summed E-state index contributed by atoms with van der Waals surface area (Å²) < 4.78 is 0.571. The fraction of sp³-hybridized carbons (Fsp3) is 0. The summed E-state index contributed by atoms with van der Waals surface area (Å²) in [6.45, 7) is 0. The van der Waals surface area contributed by atoms with Gasteiger partial charge in [0.15, 0.2) is 0 Å². The Morgan fingerprint density at radius 1 is 1.00 bits per heavy atom. The number of rotatable bonds is 2. The Morgan fingerprint density at radius 2 is 1.27 bits per heavy atom. The van der Waals surface area contributed by atoms with Crippen molar-refractivity contribution in [2.45, 2.75) is 0 Å². The van der Waals surface area contributed by atoms with E-state index in [1.165, 1.54) is 12.4 Å². The van der Waals surface area contributed by atoms with Crippen molar-refractivity contribution in [2.75, 3.05) is 0 Å². The van der Waals surface area contributed by atoms with Crippen molar-refractivity contribution in [3.05, 3.63) is 12.4 Å². The standard InChI is InChI=1S/C4H6N2S4.Zn/c7-3(8)5-1-2-6-4(9)10;/h1-2H,(H2,5,7,8)(H2,6,9,10);/q;+2/p-2. The minimum Gasteiger partial charge on any atom is -0.411 e. The first-order valence-electron chi connectivity index (χ1n) is 2.23. The Bertz CT molecular complexity index is 151. The topological polar surface area (TPSA) is 24.1 Å². The van der Waals surface area contributed by atoms with Crippen LogP contribution in [-0.4, -0.2) is 8.64 Å². The van der Waals surface area contributed by atoms with Gasteiger partial charge in [-0.05, 0) is 0 Å². The molecular formula is C4H4N2S4Zn. The molecule has 2 N–H and O–H groups in total. The summed E-state index contributed by atoms with van der Waals surface area (Å²) in [7, 11) is 0. The zero-order valence-electron chi connectivity index (χ0n) is 5.49. The molecule has 2 nitrogen and oxygen atoms in total. The van der Waals surface area contributed by atoms with Crippen molar-refractivity contribution < 1.29 is 19.5 Å². The van der Waals surface area contributed by atoms with Gasteiger partial charge in [-0.3, -0.25) is 0 Å². The number of hydrogen-bond donors (Lipinski definition) is 2. The van der Waals surface area contributed by atoms with Crippen LogP contribution in [0, 0.1) is 0 Å². The SMILES string of the molecule is S=C([S-])NC=CNC(=S)[S-].[Zn+2]. The van der Waals surface area contributed by atoms with Gasteiger partial charge >= 0.3 is 19.5 Å². The molecule has 0 rings (SSSR count). The Labute approximate surface area is 100 Å². The van der Waals surface area contributed by atoms with Gasteiger partial charge in [-0.1, -0.05) is 8.64 Å². The van der Waals surface area contributed by atoms with E-state index in [1.807, 2.05) is 0 Å². The average Bonchev–Trinajstić information content (AvgIpc) is 1.79. The summed E-state index contributed by atoms with van der Waals surface area (Å²) in [6.07, 6.45) is 3.07. The second kappa shape index (κ2) is 8.68. The molecule has 7 heteroatoms. The second-order valence-corrected chi connectivity index (χ2v) is 3.35. The zero-order chi connectivity index (χ0) is 7.98. The van der Waals surface area contributed by atoms with Gasteiger partial charge in [-0.15, -0.1) is 0 Å². The maximum atomic E-state index is 4.54. The molecule has 0 aromatic rings. The summed E-state index contributed by atoms with van der Waals surface area (Å²) in [4.78, 5) is 0. The smallest absolute Gasteiger partial charge is 0.411 e. The van der Waals surface area contributed by atoms with E-state index < -0.39 is 0 Å². The van der Waals surface area contributed by atoms with E-state index in [2.05, 4.69) is 60.3 Å². The second-order valence-electron chi connectivity index (χ2n) is 1.20. The first kappa shape index (κ1) is 14.1. The molecule has 0 aromatic carbocycles. The van der Waals surface area contributed by atoms with Crippen LogP contribution in [0.2, 0.25) is 0 Å². The fourth-order valence-corrected chi connectivity index (χ4v) is 0.492. The molecule has 0 heterocycles. The molecule has 0 atom stereocenters. The molecule has 0 spiro atoms. The van der Waals surface area contributed by atoms with Gasteiger partial charge in [0.25, 0.3) is 0 Å². The molecule has 11 heavy (non-hydrogen) atoms. The predicted octanol–water partition coefficient (Wildman–Crippen LogP) is 0.298. The van der Waals surface area contributed by atoms with Gasteiger partial charge in [0.2, 0.25) is 0 Å². The summed E-state index contributed by atoms with van der Waals surface area (Å²) in [5, 5.41) is 5.20. The van der Waals surface area contributed by atoms with E-state index in [4.69, 9.17) is 0 Å². The van der Waals surface area contributed by atoms with Crippen molar-refractivity contribution in [3.63, 3.8) is 0 Å². The summed E-state index contributed by atoms with van der Waals surface area (Å²) >= 11 is 18.2. The van der Waals surface area contributed by atoms with Crippen molar-refractivity contribution in [1.29, 1.82) is 0 Å². The molecule has 0 aromatic heterocycles. The molecule has 0 amide bonds. The maximum absolute atomic E-state index is 4.54. The monoisotopic (exact) mass is 272 g/mol. The van der Waals surface area contributed by atoms with Gasteiger partial charge in [-0.25, -0.2) is 0 Å². The van der Waals surface area contributed by atoms with Gasteiger partial charge in [0.1, 0.15) is 0 Å². The van der Waals surface area contributed by atoms with Gasteiger partial charge in [0.05, 0.1) is 0 Å². The van der Waals surface area contributed by atoms with Crippen LogP contribution in [0.5, 0.6) is 0 Å². The Kier molecular flexibility index (Phi) is 11.1. The fourth-order valence-electron chi connectivity index (χ4n) is 0.219. The van der Waals surface area contributed by atoms with Crippen molar-refractivity contribution in [3.8, 4) is 0 Å². The van der Waals surface area contributed by atoms with E-state index >= 15 is 0 Å². The first-order valence-corrected chi connectivity index (χ1v) is 3.86. The Hall–Kier alpha value is 0.583. The summed E-state index contributed by atoms with van der Waals surface area (Å²) in [5.74, 6) is 0. The number of thiocarbonyl (C=S) groups is 2. The van der Waals surface area contributed by atoms with Crippen LogP contribution in [0.4, 0.5) is 0 Å². The van der Waals surface area contributed by atoms with Crippen LogP contribution in [0.3, 0.4) is 0 Å². The predicted molar refractivity (Wildman–Crippen MR) is 55.3 cm³/mol. The Morgan fingerprint density at radius 3 is 1.45 bits per heavy atom. The normalized spacial score (nSPS) is 8.36. The minimum atomic E-state index is 0. The molecule has 0 unspecified atom stereocenters. The van der Waals surface area contributed by atoms with Crippen LogP contribution >= 0.6 is 24.4 Å². The van der Waals surface area contributed by atoms with Crippen molar-refractivity contribution in [2.24, 2.45) is 0 Å². The van der Waals surface area contributed by atoms with Crippen LogP contribution in [-0.2, 0) is 44.7 Å². The molecule has 0 saturated heterocycles. The molecule has 0 radical (unpaired) electrons. The van der Waals surface area contributed by atoms with Gasteiger partial charge in [-0.2, -0.15) is 0 Å². The van der Waals surface area contributed by atoms with Crippen LogP contribution in [0.15, 0.2) is 12.4 Å². The zero-order valence-corrected chi connectivity index (χ0v) is 11.7. The Balaban J connectivity index is 0. The number of nitrogens with one attached hydrogen (secondary N) is 2. The molecule has 0 saturated carbocycles. The van der Waals surface area contributed by atoms with Gasteiger partial charge < -0.3 is 60.3 Å². The van der Waals surface area contributed by atoms with Gasteiger partial charge in [0, 0.05) is 12.4 Å². The maximum Gasteiger partial charge on any atom is 2.00 e. The average molecular weight is 274 g/mol. The third-order valence-corrected chi connectivity index (χ3v) is 0.957. The van der Waals surface area contributed by atoms with Crippen molar-refractivity contribution >= 4 is 58.3 Å². The number of hydrogen-bond acceptors (Lipinski definition) is 4. The molecular weight excluding hydrogens is 270 g/mol. The van der Waals surface area contributed by atoms with Crippen LogP contribution < -0.4 is 10.6 Å². The quantitative estimate of drug-likeness (QED) is 0.426. The minimum absolute atomic E-state index is 0. The van der Waals surface area contributed by atoms with Crippen molar-refractivity contribution in [1.82, 2.24) is 10.6 Å². The van der Waals surface area contributed by atoms with E-state index in [9.17, 15) is 0 Å². The molecule has 56 valence electrons. The molecule has 0 aliphatic rings. The van der Waals surface area contributed by atoms with Crippen LogP contribution in [0.1, 0.15) is 0 Å². The molecule has 0 aliphatic heterocycles. The van der Waals surface area contributed by atoms with Crippen LogP contribution in [0.25, 0.3) is 0 Å². The molecule has 0 bridgehead atoms. The van der Waals surface area contributed by atoms with E-state index in [-0.39, 0.29) is 28.1 Å². The largest absolute Gasteiger partial charge is 2.00 e. The van der Waals surface area contributed by atoms with E-state index in [1.54, 1.807) is 0 Å². The third kappa shape index (κ3) is 13.6.